The highest BCUT2D eigenvalue weighted by Gasteiger charge is 2.30. The van der Waals surface area contributed by atoms with E-state index < -0.39 is 9.84 Å². The van der Waals surface area contributed by atoms with Crippen molar-refractivity contribution in [3.05, 3.63) is 11.8 Å². The highest BCUT2D eigenvalue weighted by atomic mass is 32.2. The highest BCUT2D eigenvalue weighted by molar-refractivity contribution is 7.91. The second-order valence-corrected chi connectivity index (χ2v) is 6.14. The first-order valence-corrected chi connectivity index (χ1v) is 6.88. The molecule has 1 aliphatic rings. The summed E-state index contributed by atoms with van der Waals surface area (Å²) >= 11 is 0. The van der Waals surface area contributed by atoms with E-state index in [2.05, 4.69) is 5.10 Å². The van der Waals surface area contributed by atoms with Gasteiger partial charge in [0.1, 0.15) is 5.82 Å². The molecule has 0 aliphatic carbocycles. The predicted molar refractivity (Wildman–Crippen MR) is 58.3 cm³/mol. The Hall–Kier alpha value is -1.04. The minimum atomic E-state index is -2.87. The molecule has 2 rings (SSSR count). The van der Waals surface area contributed by atoms with Crippen LogP contribution in [-0.2, 0) is 16.3 Å². The van der Waals surface area contributed by atoms with E-state index in [9.17, 15) is 8.42 Å². The third-order valence-electron chi connectivity index (χ3n) is 2.73. The lowest BCUT2D eigenvalue weighted by Gasteiger charge is -2.09. The van der Waals surface area contributed by atoms with Gasteiger partial charge in [0.25, 0.3) is 0 Å². The maximum atomic E-state index is 11.3. The van der Waals surface area contributed by atoms with Gasteiger partial charge in [-0.25, -0.2) is 13.1 Å². The summed E-state index contributed by atoms with van der Waals surface area (Å²) in [5, 5.41) is 4.30. The monoisotopic (exact) mass is 229 g/mol. The molecule has 1 aromatic rings. The molecule has 0 spiro atoms. The number of nitrogen functional groups attached to an aromatic ring is 1. The predicted octanol–water partition coefficient (Wildman–Crippen LogP) is 0.387. The van der Waals surface area contributed by atoms with Crippen LogP contribution in [0.2, 0.25) is 0 Å². The second-order valence-electron chi connectivity index (χ2n) is 3.92. The Morgan fingerprint density at radius 1 is 1.67 bits per heavy atom. The van der Waals surface area contributed by atoms with Crippen LogP contribution >= 0.6 is 0 Å². The van der Waals surface area contributed by atoms with Crippen LogP contribution in [0.15, 0.2) is 6.07 Å². The fraction of sp³-hybridized carbons (Fsp3) is 0.667. The number of rotatable bonds is 2. The lowest BCUT2D eigenvalue weighted by Crippen LogP contribution is -2.14. The highest BCUT2D eigenvalue weighted by Crippen LogP contribution is 2.25. The smallest absolute Gasteiger partial charge is 0.152 e. The van der Waals surface area contributed by atoms with E-state index >= 15 is 0 Å². The van der Waals surface area contributed by atoms with Gasteiger partial charge in [0.2, 0.25) is 0 Å². The summed E-state index contributed by atoms with van der Waals surface area (Å²) in [5.74, 6) is 0.981. The number of nitrogens with two attached hydrogens (primary N) is 1. The minimum Gasteiger partial charge on any atom is -0.384 e. The average molecular weight is 229 g/mol. The van der Waals surface area contributed by atoms with Crippen molar-refractivity contribution in [3.63, 3.8) is 0 Å². The summed E-state index contributed by atoms with van der Waals surface area (Å²) in [4.78, 5) is 0. The molecule has 0 amide bonds. The molecule has 0 radical (unpaired) electrons. The van der Waals surface area contributed by atoms with Gasteiger partial charge in [-0.05, 0) is 12.8 Å². The van der Waals surface area contributed by atoms with E-state index in [1.54, 1.807) is 4.68 Å². The Labute approximate surface area is 89.2 Å². The normalized spacial score (nSPS) is 24.5. The van der Waals surface area contributed by atoms with E-state index in [0.29, 0.717) is 12.2 Å². The SMILES string of the molecule is CCc1cc(N)n(C2CCS(=O)(=O)C2)n1. The van der Waals surface area contributed by atoms with E-state index in [-0.39, 0.29) is 17.5 Å². The van der Waals surface area contributed by atoms with Crippen molar-refractivity contribution in [2.45, 2.75) is 25.8 Å². The maximum absolute atomic E-state index is 11.3. The summed E-state index contributed by atoms with van der Waals surface area (Å²) in [6, 6.07) is 1.74. The molecule has 2 heterocycles. The van der Waals surface area contributed by atoms with Crippen molar-refractivity contribution < 1.29 is 8.42 Å². The van der Waals surface area contributed by atoms with Gasteiger partial charge in [0, 0.05) is 6.07 Å². The summed E-state index contributed by atoms with van der Waals surface area (Å²) in [5.41, 5.74) is 6.70. The Morgan fingerprint density at radius 3 is 2.87 bits per heavy atom. The molecule has 1 atom stereocenters. The van der Waals surface area contributed by atoms with Gasteiger partial charge in [0.15, 0.2) is 9.84 Å². The van der Waals surface area contributed by atoms with Gasteiger partial charge in [-0.1, -0.05) is 6.92 Å². The fourth-order valence-electron chi connectivity index (χ4n) is 1.90. The van der Waals surface area contributed by atoms with Crippen LogP contribution in [-0.4, -0.2) is 29.7 Å². The molecule has 6 heteroatoms. The number of hydrogen-bond donors (Lipinski definition) is 1. The molecule has 2 N–H and O–H groups in total. The molecule has 1 fully saturated rings. The zero-order chi connectivity index (χ0) is 11.1. The maximum Gasteiger partial charge on any atom is 0.152 e. The van der Waals surface area contributed by atoms with Crippen LogP contribution in [0.25, 0.3) is 0 Å². The molecule has 5 nitrogen and oxygen atoms in total. The molecule has 1 saturated heterocycles. The zero-order valence-corrected chi connectivity index (χ0v) is 9.50. The van der Waals surface area contributed by atoms with Gasteiger partial charge in [-0.2, -0.15) is 5.10 Å². The van der Waals surface area contributed by atoms with Crippen molar-refractivity contribution >= 4 is 15.7 Å². The van der Waals surface area contributed by atoms with Crippen LogP contribution < -0.4 is 5.73 Å². The number of aryl methyl sites for hydroxylation is 1. The third-order valence-corrected chi connectivity index (χ3v) is 4.48. The number of hydrogen-bond acceptors (Lipinski definition) is 4. The first kappa shape index (κ1) is 10.5. The zero-order valence-electron chi connectivity index (χ0n) is 8.68. The number of aromatic nitrogens is 2. The average Bonchev–Trinajstić information content (AvgIpc) is 2.69. The van der Waals surface area contributed by atoms with Gasteiger partial charge in [0.05, 0.1) is 23.2 Å². The Kier molecular flexibility index (Phi) is 2.46. The summed E-state index contributed by atoms with van der Waals surface area (Å²) in [6.07, 6.45) is 1.44. The van der Waals surface area contributed by atoms with Crippen molar-refractivity contribution in [1.82, 2.24) is 9.78 Å². The number of nitrogens with zero attached hydrogens (tertiary/aromatic N) is 2. The summed E-state index contributed by atoms with van der Waals surface area (Å²) < 4.78 is 24.3. The van der Waals surface area contributed by atoms with E-state index in [1.165, 1.54) is 0 Å². The van der Waals surface area contributed by atoms with Gasteiger partial charge in [-0.15, -0.1) is 0 Å². The van der Waals surface area contributed by atoms with Crippen LogP contribution in [0.1, 0.15) is 25.1 Å². The third kappa shape index (κ3) is 1.99. The van der Waals surface area contributed by atoms with Gasteiger partial charge < -0.3 is 5.73 Å². The molecular formula is C9H15N3O2S. The van der Waals surface area contributed by atoms with Crippen LogP contribution in [0.5, 0.6) is 0 Å². The standard InChI is InChI=1S/C9H15N3O2S/c1-2-7-5-9(10)12(11-7)8-3-4-15(13,14)6-8/h5,8H,2-4,6,10H2,1H3. The van der Waals surface area contributed by atoms with Gasteiger partial charge in [-0.3, -0.25) is 0 Å². The summed E-state index contributed by atoms with van der Waals surface area (Å²) in [7, 11) is -2.87. The quantitative estimate of drug-likeness (QED) is 0.795. The van der Waals surface area contributed by atoms with E-state index in [1.807, 2.05) is 13.0 Å². The molecule has 1 aromatic heterocycles. The van der Waals surface area contributed by atoms with Gasteiger partial charge >= 0.3 is 0 Å². The van der Waals surface area contributed by atoms with Crippen molar-refractivity contribution in [1.29, 1.82) is 0 Å². The second kappa shape index (κ2) is 3.52. The van der Waals surface area contributed by atoms with Crippen molar-refractivity contribution in [2.75, 3.05) is 17.2 Å². The lowest BCUT2D eigenvalue weighted by molar-refractivity contribution is 0.502. The fourth-order valence-corrected chi connectivity index (χ4v) is 3.59. The molecule has 0 bridgehead atoms. The van der Waals surface area contributed by atoms with E-state index in [0.717, 1.165) is 12.1 Å². The number of anilines is 1. The topological polar surface area (TPSA) is 78.0 Å². The molecular weight excluding hydrogens is 214 g/mol. The van der Waals surface area contributed by atoms with Crippen LogP contribution in [0.3, 0.4) is 0 Å². The molecule has 15 heavy (non-hydrogen) atoms. The van der Waals surface area contributed by atoms with E-state index in [4.69, 9.17) is 5.73 Å². The van der Waals surface area contributed by atoms with Crippen molar-refractivity contribution in [3.8, 4) is 0 Å². The Bertz CT molecular complexity index is 464. The van der Waals surface area contributed by atoms with Crippen molar-refractivity contribution in [2.24, 2.45) is 0 Å². The van der Waals surface area contributed by atoms with Crippen LogP contribution in [0, 0.1) is 0 Å². The molecule has 1 aliphatic heterocycles. The largest absolute Gasteiger partial charge is 0.384 e. The van der Waals surface area contributed by atoms with Crippen LogP contribution in [0.4, 0.5) is 5.82 Å². The minimum absolute atomic E-state index is 0.0738. The number of sulfone groups is 1. The lowest BCUT2D eigenvalue weighted by atomic mass is 10.3. The Morgan fingerprint density at radius 2 is 2.40 bits per heavy atom. The first-order valence-electron chi connectivity index (χ1n) is 5.06. The first-order chi connectivity index (χ1) is 7.02. The molecule has 1 unspecified atom stereocenters. The summed E-state index contributed by atoms with van der Waals surface area (Å²) in [6.45, 7) is 2.00. The molecule has 84 valence electrons. The molecule has 0 aromatic carbocycles. The Balaban J connectivity index is 2.27. The molecule has 0 saturated carbocycles.